The van der Waals surface area contributed by atoms with Crippen molar-refractivity contribution >= 4 is 11.8 Å². The van der Waals surface area contributed by atoms with Gasteiger partial charge in [-0.15, -0.1) is 0 Å². The Bertz CT molecular complexity index is 566. The van der Waals surface area contributed by atoms with Crippen molar-refractivity contribution in [1.82, 2.24) is 0 Å². The Morgan fingerprint density at radius 1 is 1.11 bits per heavy atom. The SMILES string of the molecule is CC1=CCC(c2ccccc2/C=N/C(C)(C)C)=C1C. The third kappa shape index (κ3) is 3.23. The second-order valence-electron chi connectivity index (χ2n) is 6.21. The molecule has 1 aromatic rings. The molecule has 0 saturated heterocycles. The Kier molecular flexibility index (Phi) is 3.75. The van der Waals surface area contributed by atoms with Gasteiger partial charge in [0, 0.05) is 6.21 Å². The predicted molar refractivity (Wildman–Crippen MR) is 84.8 cm³/mol. The van der Waals surface area contributed by atoms with Gasteiger partial charge in [0.2, 0.25) is 0 Å². The van der Waals surface area contributed by atoms with E-state index in [-0.39, 0.29) is 5.54 Å². The molecule has 0 heterocycles. The minimum absolute atomic E-state index is 0.0274. The van der Waals surface area contributed by atoms with Crippen molar-refractivity contribution in [3.63, 3.8) is 0 Å². The van der Waals surface area contributed by atoms with Gasteiger partial charge in [-0.25, -0.2) is 0 Å². The summed E-state index contributed by atoms with van der Waals surface area (Å²) >= 11 is 0. The molecule has 0 aliphatic heterocycles. The number of aliphatic imine (C=N–C) groups is 1. The van der Waals surface area contributed by atoms with E-state index < -0.39 is 0 Å². The molecule has 0 saturated carbocycles. The zero-order chi connectivity index (χ0) is 14.0. The zero-order valence-electron chi connectivity index (χ0n) is 12.6. The van der Waals surface area contributed by atoms with Crippen LogP contribution < -0.4 is 0 Å². The highest BCUT2D eigenvalue weighted by molar-refractivity contribution is 5.91. The molecule has 1 nitrogen and oxygen atoms in total. The number of allylic oxidation sites excluding steroid dienone is 4. The number of nitrogens with zero attached hydrogens (tertiary/aromatic N) is 1. The van der Waals surface area contributed by atoms with E-state index >= 15 is 0 Å². The first-order valence-electron chi connectivity index (χ1n) is 6.90. The fraction of sp³-hybridized carbons (Fsp3) is 0.389. The second-order valence-corrected chi connectivity index (χ2v) is 6.21. The molecule has 0 aromatic heterocycles. The minimum Gasteiger partial charge on any atom is -0.287 e. The third-order valence-corrected chi connectivity index (χ3v) is 3.53. The normalized spacial score (nSPS) is 16.4. The van der Waals surface area contributed by atoms with Crippen LogP contribution in [0.25, 0.3) is 5.57 Å². The van der Waals surface area contributed by atoms with E-state index in [4.69, 9.17) is 0 Å². The Morgan fingerprint density at radius 2 is 1.79 bits per heavy atom. The van der Waals surface area contributed by atoms with E-state index in [0.29, 0.717) is 0 Å². The Morgan fingerprint density at radius 3 is 2.37 bits per heavy atom. The van der Waals surface area contributed by atoms with Gasteiger partial charge in [-0.3, -0.25) is 4.99 Å². The summed E-state index contributed by atoms with van der Waals surface area (Å²) in [6.07, 6.45) is 5.36. The molecule has 0 N–H and O–H groups in total. The summed E-state index contributed by atoms with van der Waals surface area (Å²) in [6.45, 7) is 10.8. The maximum absolute atomic E-state index is 4.64. The zero-order valence-corrected chi connectivity index (χ0v) is 12.6. The molecule has 0 spiro atoms. The minimum atomic E-state index is -0.0274. The highest BCUT2D eigenvalue weighted by atomic mass is 14.8. The molecule has 1 heteroatoms. The molecule has 1 aromatic carbocycles. The van der Waals surface area contributed by atoms with Crippen LogP contribution in [0.3, 0.4) is 0 Å². The van der Waals surface area contributed by atoms with Crippen LogP contribution in [0.15, 0.2) is 46.5 Å². The topological polar surface area (TPSA) is 12.4 Å². The summed E-state index contributed by atoms with van der Waals surface area (Å²) in [5.41, 5.74) is 6.76. The van der Waals surface area contributed by atoms with E-state index in [1.807, 2.05) is 6.21 Å². The molecule has 1 aliphatic rings. The average molecular weight is 253 g/mol. The monoisotopic (exact) mass is 253 g/mol. The second kappa shape index (κ2) is 5.16. The van der Waals surface area contributed by atoms with Crippen LogP contribution in [-0.4, -0.2) is 11.8 Å². The Labute approximate surface area is 116 Å². The lowest BCUT2D eigenvalue weighted by atomic mass is 9.96. The van der Waals surface area contributed by atoms with Crippen molar-refractivity contribution in [2.45, 2.75) is 46.6 Å². The first-order chi connectivity index (χ1) is 8.88. The average Bonchev–Trinajstić information content (AvgIpc) is 2.67. The highest BCUT2D eigenvalue weighted by Gasteiger charge is 2.15. The molecule has 0 atom stereocenters. The largest absolute Gasteiger partial charge is 0.287 e. The molecule has 1 aliphatic carbocycles. The lowest BCUT2D eigenvalue weighted by molar-refractivity contribution is 0.586. The maximum atomic E-state index is 4.64. The van der Waals surface area contributed by atoms with E-state index in [9.17, 15) is 0 Å². The van der Waals surface area contributed by atoms with Crippen LogP contribution in [0.4, 0.5) is 0 Å². The van der Waals surface area contributed by atoms with Gasteiger partial charge in [0.25, 0.3) is 0 Å². The van der Waals surface area contributed by atoms with E-state index in [2.05, 4.69) is 70.0 Å². The third-order valence-electron chi connectivity index (χ3n) is 3.53. The maximum Gasteiger partial charge on any atom is 0.0524 e. The highest BCUT2D eigenvalue weighted by Crippen LogP contribution is 2.34. The van der Waals surface area contributed by atoms with E-state index in [1.165, 1.54) is 27.8 Å². The van der Waals surface area contributed by atoms with Gasteiger partial charge in [0.1, 0.15) is 0 Å². The first-order valence-corrected chi connectivity index (χ1v) is 6.90. The number of hydrogen-bond acceptors (Lipinski definition) is 1. The van der Waals surface area contributed by atoms with Gasteiger partial charge in [-0.1, -0.05) is 35.9 Å². The molecule has 0 fully saturated rings. The summed E-state index contributed by atoms with van der Waals surface area (Å²) in [7, 11) is 0. The molecule has 2 rings (SSSR count). The van der Waals surface area contributed by atoms with Crippen LogP contribution in [0.2, 0.25) is 0 Å². The molecule has 0 amide bonds. The molecule has 100 valence electrons. The van der Waals surface area contributed by atoms with Crippen molar-refractivity contribution in [3.05, 3.63) is 52.6 Å². The number of rotatable bonds is 2. The quantitative estimate of drug-likeness (QED) is 0.656. The molecule has 0 bridgehead atoms. The van der Waals surface area contributed by atoms with Gasteiger partial charge < -0.3 is 0 Å². The van der Waals surface area contributed by atoms with Gasteiger partial charge in [-0.05, 0) is 63.3 Å². The van der Waals surface area contributed by atoms with Crippen LogP contribution in [-0.2, 0) is 0 Å². The summed E-state index contributed by atoms with van der Waals surface area (Å²) < 4.78 is 0. The lowest BCUT2D eigenvalue weighted by Gasteiger charge is -2.13. The van der Waals surface area contributed by atoms with Crippen molar-refractivity contribution in [1.29, 1.82) is 0 Å². The van der Waals surface area contributed by atoms with Crippen LogP contribution in [0, 0.1) is 0 Å². The fourth-order valence-corrected chi connectivity index (χ4v) is 2.26. The van der Waals surface area contributed by atoms with Gasteiger partial charge >= 0.3 is 0 Å². The lowest BCUT2D eigenvalue weighted by Crippen LogP contribution is -2.10. The first kappa shape index (κ1) is 13.8. The van der Waals surface area contributed by atoms with Crippen LogP contribution in [0.5, 0.6) is 0 Å². The molecular formula is C18H23N. The molecular weight excluding hydrogens is 230 g/mol. The number of benzene rings is 1. The number of hydrogen-bond donors (Lipinski definition) is 0. The summed E-state index contributed by atoms with van der Waals surface area (Å²) in [5, 5.41) is 0. The van der Waals surface area contributed by atoms with Crippen LogP contribution in [0.1, 0.15) is 52.2 Å². The van der Waals surface area contributed by atoms with Crippen molar-refractivity contribution < 1.29 is 0 Å². The van der Waals surface area contributed by atoms with E-state index in [1.54, 1.807) is 0 Å². The van der Waals surface area contributed by atoms with Crippen molar-refractivity contribution in [2.75, 3.05) is 0 Å². The molecule has 0 unspecified atom stereocenters. The molecule has 19 heavy (non-hydrogen) atoms. The van der Waals surface area contributed by atoms with Gasteiger partial charge in [-0.2, -0.15) is 0 Å². The van der Waals surface area contributed by atoms with Crippen molar-refractivity contribution in [2.24, 2.45) is 4.99 Å². The van der Waals surface area contributed by atoms with E-state index in [0.717, 1.165) is 6.42 Å². The molecule has 0 radical (unpaired) electrons. The van der Waals surface area contributed by atoms with Gasteiger partial charge in [0.05, 0.1) is 5.54 Å². The standard InChI is InChI=1S/C18H23N/c1-13-10-11-16(14(13)2)17-9-7-6-8-15(17)12-19-18(3,4)5/h6-10,12H,11H2,1-5H3/b19-12+. The van der Waals surface area contributed by atoms with Gasteiger partial charge in [0.15, 0.2) is 0 Å². The summed E-state index contributed by atoms with van der Waals surface area (Å²) in [6, 6.07) is 8.55. The summed E-state index contributed by atoms with van der Waals surface area (Å²) in [5.74, 6) is 0. The fourth-order valence-electron chi connectivity index (χ4n) is 2.26. The Hall–Kier alpha value is -1.63. The van der Waals surface area contributed by atoms with Crippen molar-refractivity contribution in [3.8, 4) is 0 Å². The van der Waals surface area contributed by atoms with Crippen LogP contribution >= 0.6 is 0 Å². The Balaban J connectivity index is 2.41. The summed E-state index contributed by atoms with van der Waals surface area (Å²) in [4.78, 5) is 4.64. The smallest absolute Gasteiger partial charge is 0.0524 e. The predicted octanol–water partition coefficient (Wildman–Crippen LogP) is 5.03.